The zero-order valence-corrected chi connectivity index (χ0v) is 8.53. The summed E-state index contributed by atoms with van der Waals surface area (Å²) >= 11 is 0. The number of aromatic nitrogens is 1. The Morgan fingerprint density at radius 2 is 2.43 bits per heavy atom. The summed E-state index contributed by atoms with van der Waals surface area (Å²) in [4.78, 5) is 4.35. The molecule has 1 saturated carbocycles. The van der Waals surface area contributed by atoms with Gasteiger partial charge >= 0.3 is 0 Å². The minimum absolute atomic E-state index is 0.224. The Hall–Kier alpha value is -0.930. The van der Waals surface area contributed by atoms with Crippen molar-refractivity contribution < 1.29 is 0 Å². The first kappa shape index (κ1) is 9.62. The maximum Gasteiger partial charge on any atom is 0.0634 e. The molecule has 0 bridgehead atoms. The molecule has 14 heavy (non-hydrogen) atoms. The van der Waals surface area contributed by atoms with E-state index < -0.39 is 0 Å². The molecule has 3 N–H and O–H groups in total. The Balaban J connectivity index is 2.08. The lowest BCUT2D eigenvalue weighted by Gasteiger charge is -2.14. The predicted octanol–water partition coefficient (Wildman–Crippen LogP) is 1.69. The molecule has 0 aliphatic heterocycles. The van der Waals surface area contributed by atoms with E-state index in [0.29, 0.717) is 0 Å². The number of hydrogen-bond acceptors (Lipinski definition) is 3. The van der Waals surface area contributed by atoms with Crippen molar-refractivity contribution in [1.82, 2.24) is 10.4 Å². The summed E-state index contributed by atoms with van der Waals surface area (Å²) in [5, 5.41) is 0. The molecule has 1 aliphatic carbocycles. The average molecular weight is 191 g/mol. The Kier molecular flexibility index (Phi) is 2.79. The van der Waals surface area contributed by atoms with E-state index in [0.717, 1.165) is 18.0 Å². The molecular formula is C11H17N3. The first-order valence-electron chi connectivity index (χ1n) is 5.18. The van der Waals surface area contributed by atoms with Crippen LogP contribution >= 0.6 is 0 Å². The van der Waals surface area contributed by atoms with Crippen LogP contribution in [0.15, 0.2) is 18.3 Å². The summed E-state index contributed by atoms with van der Waals surface area (Å²) in [6.07, 6.45) is 5.67. The Bertz CT molecular complexity index is 307. The van der Waals surface area contributed by atoms with Gasteiger partial charge in [0.2, 0.25) is 0 Å². The number of hydrazine groups is 1. The maximum absolute atomic E-state index is 5.54. The van der Waals surface area contributed by atoms with Gasteiger partial charge in [-0.25, -0.2) is 0 Å². The van der Waals surface area contributed by atoms with E-state index in [1.165, 1.54) is 18.4 Å². The van der Waals surface area contributed by atoms with Crippen LogP contribution in [0, 0.1) is 12.8 Å². The van der Waals surface area contributed by atoms with Gasteiger partial charge in [0.05, 0.1) is 11.7 Å². The number of pyridine rings is 1. The van der Waals surface area contributed by atoms with Crippen molar-refractivity contribution in [3.8, 4) is 0 Å². The lowest BCUT2D eigenvalue weighted by molar-refractivity contribution is 0.476. The number of aryl methyl sites for hydroxylation is 1. The Morgan fingerprint density at radius 1 is 1.64 bits per heavy atom. The van der Waals surface area contributed by atoms with Gasteiger partial charge in [-0.1, -0.05) is 12.8 Å². The third-order valence-electron chi connectivity index (χ3n) is 2.76. The summed E-state index contributed by atoms with van der Waals surface area (Å²) in [6, 6.07) is 4.34. The lowest BCUT2D eigenvalue weighted by Crippen LogP contribution is -2.29. The van der Waals surface area contributed by atoms with Gasteiger partial charge < -0.3 is 0 Å². The van der Waals surface area contributed by atoms with Crippen molar-refractivity contribution in [2.75, 3.05) is 0 Å². The summed E-state index contributed by atoms with van der Waals surface area (Å²) in [5.74, 6) is 6.40. The van der Waals surface area contributed by atoms with Crippen molar-refractivity contribution in [2.45, 2.75) is 32.2 Å². The molecule has 1 heterocycles. The smallest absolute Gasteiger partial charge is 0.0634 e. The number of nitrogens with two attached hydrogens (primary N) is 1. The standard InChI is InChI=1S/C11H17N3/c1-8-4-5-13-10(6-8)11(14-12)7-9-2-3-9/h4-6,9,11,14H,2-3,7,12H2,1H3. The van der Waals surface area contributed by atoms with Crippen LogP contribution < -0.4 is 11.3 Å². The fourth-order valence-corrected chi connectivity index (χ4v) is 1.71. The van der Waals surface area contributed by atoms with E-state index >= 15 is 0 Å². The van der Waals surface area contributed by atoms with Gasteiger partial charge in [-0.15, -0.1) is 0 Å². The second kappa shape index (κ2) is 4.07. The molecule has 0 radical (unpaired) electrons. The molecule has 1 aromatic heterocycles. The van der Waals surface area contributed by atoms with Crippen LogP contribution in [0.5, 0.6) is 0 Å². The molecule has 1 aromatic rings. The van der Waals surface area contributed by atoms with Gasteiger partial charge in [-0.2, -0.15) is 0 Å². The normalized spacial score (nSPS) is 18.1. The van der Waals surface area contributed by atoms with E-state index in [1.54, 1.807) is 0 Å². The SMILES string of the molecule is Cc1ccnc(C(CC2CC2)NN)c1. The fraction of sp³-hybridized carbons (Fsp3) is 0.545. The summed E-state index contributed by atoms with van der Waals surface area (Å²) in [7, 11) is 0. The molecule has 0 saturated heterocycles. The Labute approximate surface area is 84.7 Å². The van der Waals surface area contributed by atoms with Gasteiger partial charge in [0.15, 0.2) is 0 Å². The maximum atomic E-state index is 5.54. The van der Waals surface area contributed by atoms with Gasteiger partial charge in [0, 0.05) is 6.20 Å². The minimum atomic E-state index is 0.224. The summed E-state index contributed by atoms with van der Waals surface area (Å²) < 4.78 is 0. The molecule has 3 nitrogen and oxygen atoms in total. The van der Waals surface area contributed by atoms with Crippen LogP contribution in [0.3, 0.4) is 0 Å². The minimum Gasteiger partial charge on any atom is -0.271 e. The number of rotatable bonds is 4. The van der Waals surface area contributed by atoms with Crippen molar-refractivity contribution in [1.29, 1.82) is 0 Å². The van der Waals surface area contributed by atoms with Crippen molar-refractivity contribution in [3.63, 3.8) is 0 Å². The van der Waals surface area contributed by atoms with Crippen LogP contribution in [-0.4, -0.2) is 4.98 Å². The first-order chi connectivity index (χ1) is 6.79. The number of nitrogens with one attached hydrogen (secondary N) is 1. The molecular weight excluding hydrogens is 174 g/mol. The van der Waals surface area contributed by atoms with E-state index in [9.17, 15) is 0 Å². The fourth-order valence-electron chi connectivity index (χ4n) is 1.71. The van der Waals surface area contributed by atoms with Crippen LogP contribution in [0.1, 0.15) is 36.6 Å². The highest BCUT2D eigenvalue weighted by atomic mass is 15.2. The largest absolute Gasteiger partial charge is 0.271 e. The third kappa shape index (κ3) is 2.30. The van der Waals surface area contributed by atoms with Crippen molar-refractivity contribution in [2.24, 2.45) is 11.8 Å². The highest BCUT2D eigenvalue weighted by Crippen LogP contribution is 2.36. The van der Waals surface area contributed by atoms with E-state index in [-0.39, 0.29) is 6.04 Å². The quantitative estimate of drug-likeness (QED) is 0.562. The zero-order valence-electron chi connectivity index (χ0n) is 8.53. The first-order valence-corrected chi connectivity index (χ1v) is 5.18. The van der Waals surface area contributed by atoms with Crippen LogP contribution in [0.25, 0.3) is 0 Å². The van der Waals surface area contributed by atoms with Crippen molar-refractivity contribution >= 4 is 0 Å². The molecule has 1 fully saturated rings. The molecule has 1 atom stereocenters. The monoisotopic (exact) mass is 191 g/mol. The zero-order chi connectivity index (χ0) is 9.97. The molecule has 1 aliphatic rings. The molecule has 76 valence electrons. The average Bonchev–Trinajstić information content (AvgIpc) is 2.98. The van der Waals surface area contributed by atoms with E-state index in [2.05, 4.69) is 23.4 Å². The number of hydrogen-bond donors (Lipinski definition) is 2. The lowest BCUT2D eigenvalue weighted by atomic mass is 10.1. The van der Waals surface area contributed by atoms with Crippen LogP contribution in [0.4, 0.5) is 0 Å². The van der Waals surface area contributed by atoms with Gasteiger partial charge in [0.1, 0.15) is 0 Å². The third-order valence-corrected chi connectivity index (χ3v) is 2.76. The van der Waals surface area contributed by atoms with Gasteiger partial charge in [0.25, 0.3) is 0 Å². The molecule has 0 spiro atoms. The molecule has 0 amide bonds. The van der Waals surface area contributed by atoms with Crippen LogP contribution in [0.2, 0.25) is 0 Å². The second-order valence-electron chi connectivity index (χ2n) is 4.16. The highest BCUT2D eigenvalue weighted by Gasteiger charge is 2.26. The van der Waals surface area contributed by atoms with Gasteiger partial charge in [-0.05, 0) is 37.0 Å². The Morgan fingerprint density at radius 3 is 3.00 bits per heavy atom. The predicted molar refractivity (Wildman–Crippen MR) is 56.4 cm³/mol. The van der Waals surface area contributed by atoms with Crippen LogP contribution in [-0.2, 0) is 0 Å². The van der Waals surface area contributed by atoms with E-state index in [4.69, 9.17) is 5.84 Å². The molecule has 3 heteroatoms. The highest BCUT2D eigenvalue weighted by molar-refractivity contribution is 5.17. The van der Waals surface area contributed by atoms with Gasteiger partial charge in [-0.3, -0.25) is 16.3 Å². The summed E-state index contributed by atoms with van der Waals surface area (Å²) in [5.41, 5.74) is 5.16. The summed E-state index contributed by atoms with van der Waals surface area (Å²) in [6.45, 7) is 2.08. The van der Waals surface area contributed by atoms with E-state index in [1.807, 2.05) is 12.3 Å². The van der Waals surface area contributed by atoms with Crippen molar-refractivity contribution in [3.05, 3.63) is 29.6 Å². The second-order valence-corrected chi connectivity index (χ2v) is 4.16. The molecule has 0 aromatic carbocycles. The molecule has 1 unspecified atom stereocenters. The topological polar surface area (TPSA) is 50.9 Å². The number of nitrogens with zero attached hydrogens (tertiary/aromatic N) is 1. The molecule has 2 rings (SSSR count).